The summed E-state index contributed by atoms with van der Waals surface area (Å²) in [4.78, 5) is 26.3. The Labute approximate surface area is 140 Å². The molecule has 1 unspecified atom stereocenters. The minimum absolute atomic E-state index is 0.0348. The molecule has 1 saturated heterocycles. The predicted molar refractivity (Wildman–Crippen MR) is 89.9 cm³/mol. The quantitative estimate of drug-likeness (QED) is 0.802. The van der Waals surface area contributed by atoms with Crippen LogP contribution >= 0.6 is 11.6 Å². The summed E-state index contributed by atoms with van der Waals surface area (Å²) in [6, 6.07) is 9.39. The van der Waals surface area contributed by atoms with Crippen molar-refractivity contribution >= 4 is 23.3 Å². The van der Waals surface area contributed by atoms with Crippen LogP contribution in [0.3, 0.4) is 0 Å². The second-order valence-electron chi connectivity index (χ2n) is 5.99. The molecule has 0 saturated carbocycles. The van der Waals surface area contributed by atoms with E-state index in [9.17, 15) is 9.59 Å². The van der Waals surface area contributed by atoms with E-state index in [1.807, 2.05) is 29.2 Å². The van der Waals surface area contributed by atoms with Crippen LogP contribution in [0, 0.1) is 0 Å². The third-order valence-corrected chi connectivity index (χ3v) is 4.61. The molecule has 1 fully saturated rings. The van der Waals surface area contributed by atoms with Crippen LogP contribution in [-0.2, 0) is 7.05 Å². The molecule has 0 bridgehead atoms. The zero-order valence-electron chi connectivity index (χ0n) is 13.3. The molecule has 1 aromatic heterocycles. The molecule has 3 rings (SSSR count). The maximum atomic E-state index is 12.9. The van der Waals surface area contributed by atoms with E-state index in [2.05, 4.69) is 0 Å². The SMILES string of the molecule is CC(=O)c1cc(C(=O)N2CCCC2c2cccc(Cl)c2)n(C)c1. The van der Waals surface area contributed by atoms with Crippen molar-refractivity contribution in [3.63, 3.8) is 0 Å². The Kier molecular flexibility index (Phi) is 4.26. The fraction of sp³-hybridized carbons (Fsp3) is 0.333. The number of amides is 1. The molecule has 0 N–H and O–H groups in total. The molecule has 0 radical (unpaired) electrons. The summed E-state index contributed by atoms with van der Waals surface area (Å²) in [5, 5.41) is 0.680. The summed E-state index contributed by atoms with van der Waals surface area (Å²) < 4.78 is 1.73. The van der Waals surface area contributed by atoms with Crippen molar-refractivity contribution in [3.8, 4) is 0 Å². The van der Waals surface area contributed by atoms with Crippen molar-refractivity contribution < 1.29 is 9.59 Å². The van der Waals surface area contributed by atoms with Gasteiger partial charge in [-0.15, -0.1) is 0 Å². The normalized spacial score (nSPS) is 17.5. The lowest BCUT2D eigenvalue weighted by Gasteiger charge is -2.25. The summed E-state index contributed by atoms with van der Waals surface area (Å²) in [6.07, 6.45) is 3.60. The lowest BCUT2D eigenvalue weighted by atomic mass is 10.0. The molecule has 1 atom stereocenters. The largest absolute Gasteiger partial charge is 0.346 e. The maximum absolute atomic E-state index is 12.9. The maximum Gasteiger partial charge on any atom is 0.271 e. The second kappa shape index (κ2) is 6.20. The number of Topliss-reactive ketones (excluding diaryl/α,β-unsaturated/α-hetero) is 1. The highest BCUT2D eigenvalue weighted by Crippen LogP contribution is 2.34. The van der Waals surface area contributed by atoms with Crippen molar-refractivity contribution in [2.45, 2.75) is 25.8 Å². The first-order chi connectivity index (χ1) is 11.0. The van der Waals surface area contributed by atoms with Gasteiger partial charge in [-0.3, -0.25) is 9.59 Å². The van der Waals surface area contributed by atoms with Gasteiger partial charge >= 0.3 is 0 Å². The number of ketones is 1. The number of carbonyl (C=O) groups excluding carboxylic acids is 2. The summed E-state index contributed by atoms with van der Waals surface area (Å²) >= 11 is 6.09. The molecule has 4 nitrogen and oxygen atoms in total. The number of rotatable bonds is 3. The van der Waals surface area contributed by atoms with Crippen LogP contribution in [-0.4, -0.2) is 27.7 Å². The summed E-state index contributed by atoms with van der Waals surface area (Å²) in [5.41, 5.74) is 2.17. The average Bonchev–Trinajstić information content (AvgIpc) is 3.13. The summed E-state index contributed by atoms with van der Waals surface area (Å²) in [7, 11) is 1.80. The van der Waals surface area contributed by atoms with Gasteiger partial charge in [0.15, 0.2) is 5.78 Å². The number of carbonyl (C=O) groups is 2. The topological polar surface area (TPSA) is 42.3 Å². The zero-order valence-corrected chi connectivity index (χ0v) is 14.0. The summed E-state index contributed by atoms with van der Waals surface area (Å²) in [6.45, 7) is 2.23. The first kappa shape index (κ1) is 15.8. The zero-order chi connectivity index (χ0) is 16.6. The smallest absolute Gasteiger partial charge is 0.271 e. The van der Waals surface area contributed by atoms with Crippen molar-refractivity contribution in [1.29, 1.82) is 0 Å². The second-order valence-corrected chi connectivity index (χ2v) is 6.43. The Balaban J connectivity index is 1.91. The number of aryl methyl sites for hydroxylation is 1. The molecular formula is C18H19ClN2O2. The number of aromatic nitrogens is 1. The molecule has 2 heterocycles. The van der Waals surface area contributed by atoms with E-state index < -0.39 is 0 Å². The van der Waals surface area contributed by atoms with Gasteiger partial charge < -0.3 is 9.47 Å². The molecule has 1 aliphatic rings. The van der Waals surface area contributed by atoms with E-state index in [0.29, 0.717) is 16.3 Å². The van der Waals surface area contributed by atoms with Crippen LogP contribution in [0.2, 0.25) is 5.02 Å². The fourth-order valence-electron chi connectivity index (χ4n) is 3.19. The van der Waals surface area contributed by atoms with Crippen LogP contribution in [0.25, 0.3) is 0 Å². The van der Waals surface area contributed by atoms with E-state index in [4.69, 9.17) is 11.6 Å². The van der Waals surface area contributed by atoms with Crippen LogP contribution in [0.5, 0.6) is 0 Å². The molecule has 120 valence electrons. The molecule has 0 spiro atoms. The predicted octanol–water partition coefficient (Wildman–Crippen LogP) is 3.86. The van der Waals surface area contributed by atoms with Gasteiger partial charge in [-0.25, -0.2) is 0 Å². The van der Waals surface area contributed by atoms with Crippen molar-refractivity contribution in [3.05, 3.63) is 58.4 Å². The molecule has 1 aliphatic heterocycles. The van der Waals surface area contributed by atoms with Crippen molar-refractivity contribution in [2.24, 2.45) is 7.05 Å². The van der Waals surface area contributed by atoms with E-state index >= 15 is 0 Å². The van der Waals surface area contributed by atoms with Gasteiger partial charge in [0.25, 0.3) is 5.91 Å². The number of likely N-dealkylation sites (tertiary alicyclic amines) is 1. The van der Waals surface area contributed by atoms with E-state index in [1.54, 1.807) is 23.9 Å². The number of halogens is 1. The highest BCUT2D eigenvalue weighted by molar-refractivity contribution is 6.30. The van der Waals surface area contributed by atoms with E-state index in [0.717, 1.165) is 24.9 Å². The minimum atomic E-state index is -0.0394. The summed E-state index contributed by atoms with van der Waals surface area (Å²) in [5.74, 6) is -0.0741. The van der Waals surface area contributed by atoms with Gasteiger partial charge in [0, 0.05) is 30.4 Å². The van der Waals surface area contributed by atoms with Gasteiger partial charge in [0.05, 0.1) is 6.04 Å². The molecule has 1 aromatic carbocycles. The molecular weight excluding hydrogens is 312 g/mol. The monoisotopic (exact) mass is 330 g/mol. The Morgan fingerprint density at radius 1 is 1.26 bits per heavy atom. The van der Waals surface area contributed by atoms with Crippen LogP contribution in [0.4, 0.5) is 0 Å². The van der Waals surface area contributed by atoms with Gasteiger partial charge in [-0.1, -0.05) is 23.7 Å². The number of nitrogens with zero attached hydrogens (tertiary/aromatic N) is 2. The highest BCUT2D eigenvalue weighted by Gasteiger charge is 2.32. The Bertz CT molecular complexity index is 766. The van der Waals surface area contributed by atoms with Gasteiger partial charge in [0.1, 0.15) is 5.69 Å². The fourth-order valence-corrected chi connectivity index (χ4v) is 3.39. The molecule has 2 aromatic rings. The average molecular weight is 331 g/mol. The van der Waals surface area contributed by atoms with Gasteiger partial charge in [0.2, 0.25) is 0 Å². The minimum Gasteiger partial charge on any atom is -0.346 e. The van der Waals surface area contributed by atoms with Crippen LogP contribution in [0.15, 0.2) is 36.5 Å². The lowest BCUT2D eigenvalue weighted by Crippen LogP contribution is -2.31. The molecule has 5 heteroatoms. The van der Waals surface area contributed by atoms with Crippen molar-refractivity contribution in [1.82, 2.24) is 9.47 Å². The Hall–Kier alpha value is -2.07. The first-order valence-electron chi connectivity index (χ1n) is 7.71. The lowest BCUT2D eigenvalue weighted by molar-refractivity contribution is 0.0726. The third kappa shape index (κ3) is 3.04. The third-order valence-electron chi connectivity index (χ3n) is 4.38. The Morgan fingerprint density at radius 2 is 2.04 bits per heavy atom. The molecule has 23 heavy (non-hydrogen) atoms. The number of hydrogen-bond donors (Lipinski definition) is 0. The van der Waals surface area contributed by atoms with Gasteiger partial charge in [-0.2, -0.15) is 0 Å². The Morgan fingerprint density at radius 3 is 2.70 bits per heavy atom. The van der Waals surface area contributed by atoms with Crippen LogP contribution in [0.1, 0.15) is 52.2 Å². The number of benzene rings is 1. The van der Waals surface area contributed by atoms with E-state index in [-0.39, 0.29) is 17.7 Å². The van der Waals surface area contributed by atoms with Crippen molar-refractivity contribution in [2.75, 3.05) is 6.54 Å². The number of hydrogen-bond acceptors (Lipinski definition) is 2. The van der Waals surface area contributed by atoms with Gasteiger partial charge in [-0.05, 0) is 43.5 Å². The molecule has 0 aliphatic carbocycles. The van der Waals surface area contributed by atoms with Crippen LogP contribution < -0.4 is 0 Å². The van der Waals surface area contributed by atoms with E-state index in [1.165, 1.54) is 6.92 Å². The highest BCUT2D eigenvalue weighted by atomic mass is 35.5. The standard InChI is InChI=1S/C18H19ClN2O2/c1-12(22)14-10-17(20(2)11-14)18(23)21-8-4-7-16(21)13-5-3-6-15(19)9-13/h3,5-6,9-11,16H,4,7-8H2,1-2H3. The molecule has 1 amide bonds. The first-order valence-corrected chi connectivity index (χ1v) is 8.09.